The number of hydrogen-bond acceptors (Lipinski definition) is 4. The minimum absolute atomic E-state index is 0.269. The molecule has 28 heavy (non-hydrogen) atoms. The van der Waals surface area contributed by atoms with Gasteiger partial charge in [0.1, 0.15) is 5.82 Å². The zero-order valence-corrected chi connectivity index (χ0v) is 14.7. The Balaban J connectivity index is 1.62. The summed E-state index contributed by atoms with van der Waals surface area (Å²) < 4.78 is 18.4. The first kappa shape index (κ1) is 17.7. The molecule has 4 aromatic rings. The van der Waals surface area contributed by atoms with E-state index in [9.17, 15) is 14.0 Å². The first-order chi connectivity index (χ1) is 13.6. The molecule has 140 valence electrons. The highest BCUT2D eigenvalue weighted by atomic mass is 19.1. The van der Waals surface area contributed by atoms with Crippen molar-refractivity contribution in [3.63, 3.8) is 0 Å². The van der Waals surface area contributed by atoms with Gasteiger partial charge in [-0.3, -0.25) is 14.8 Å². The molecule has 1 amide bonds. The second-order valence-corrected chi connectivity index (χ2v) is 6.34. The van der Waals surface area contributed by atoms with Crippen molar-refractivity contribution >= 4 is 22.7 Å². The molecule has 0 aliphatic rings. The van der Waals surface area contributed by atoms with Gasteiger partial charge in [-0.25, -0.2) is 9.18 Å². The first-order valence-electron chi connectivity index (χ1n) is 8.67. The molecule has 1 atom stereocenters. The van der Waals surface area contributed by atoms with Crippen molar-refractivity contribution in [1.82, 2.24) is 9.97 Å². The Kier molecular flexibility index (Phi) is 4.72. The van der Waals surface area contributed by atoms with Gasteiger partial charge in [0.15, 0.2) is 5.58 Å². The lowest BCUT2D eigenvalue weighted by atomic mass is 9.93. The Morgan fingerprint density at radius 3 is 2.71 bits per heavy atom. The summed E-state index contributed by atoms with van der Waals surface area (Å²) in [5, 5.41) is 2.84. The van der Waals surface area contributed by atoms with Crippen LogP contribution in [0.4, 0.5) is 10.1 Å². The van der Waals surface area contributed by atoms with E-state index in [4.69, 9.17) is 4.42 Å². The lowest BCUT2D eigenvalue weighted by Crippen LogP contribution is -2.23. The van der Waals surface area contributed by atoms with E-state index in [2.05, 4.69) is 15.3 Å². The number of benzene rings is 2. The minimum Gasteiger partial charge on any atom is -0.408 e. The molecular formula is C21H16FN3O3. The number of aromatic amines is 1. The molecule has 0 radical (unpaired) electrons. The summed E-state index contributed by atoms with van der Waals surface area (Å²) >= 11 is 0. The molecule has 7 heteroatoms. The van der Waals surface area contributed by atoms with Crippen LogP contribution in [0.15, 0.2) is 76.1 Å². The van der Waals surface area contributed by atoms with Gasteiger partial charge >= 0.3 is 5.76 Å². The number of oxazole rings is 1. The van der Waals surface area contributed by atoms with E-state index in [-0.39, 0.29) is 11.7 Å². The number of aromatic nitrogens is 2. The predicted octanol–water partition coefficient (Wildman–Crippen LogP) is 3.62. The third-order valence-corrected chi connectivity index (χ3v) is 4.42. The second-order valence-electron chi connectivity index (χ2n) is 6.34. The van der Waals surface area contributed by atoms with Crippen LogP contribution in [-0.4, -0.2) is 15.9 Å². The molecular weight excluding hydrogens is 361 g/mol. The van der Waals surface area contributed by atoms with Crippen LogP contribution < -0.4 is 11.1 Å². The number of rotatable bonds is 5. The van der Waals surface area contributed by atoms with Gasteiger partial charge in [0.2, 0.25) is 5.91 Å². The fourth-order valence-corrected chi connectivity index (χ4v) is 3.04. The van der Waals surface area contributed by atoms with E-state index in [1.165, 1.54) is 12.1 Å². The summed E-state index contributed by atoms with van der Waals surface area (Å²) in [5.74, 6) is -1.76. The van der Waals surface area contributed by atoms with Crippen LogP contribution >= 0.6 is 0 Å². The lowest BCUT2D eigenvalue weighted by molar-refractivity contribution is -0.117. The summed E-state index contributed by atoms with van der Waals surface area (Å²) in [4.78, 5) is 31.1. The van der Waals surface area contributed by atoms with Gasteiger partial charge in [-0.1, -0.05) is 18.2 Å². The predicted molar refractivity (Wildman–Crippen MR) is 103 cm³/mol. The molecule has 0 spiro atoms. The molecule has 2 aromatic heterocycles. The minimum atomic E-state index is -0.565. The smallest absolute Gasteiger partial charge is 0.408 e. The van der Waals surface area contributed by atoms with E-state index >= 15 is 0 Å². The molecule has 0 aliphatic carbocycles. The van der Waals surface area contributed by atoms with Crippen LogP contribution in [-0.2, 0) is 11.2 Å². The number of carbonyl (C=O) groups excluding carboxylic acids is 1. The number of fused-ring (bicyclic) bond motifs is 1. The maximum Gasteiger partial charge on any atom is 0.417 e. The topological polar surface area (TPSA) is 88.0 Å². The van der Waals surface area contributed by atoms with Crippen LogP contribution in [0.1, 0.15) is 17.2 Å². The fraction of sp³-hybridized carbons (Fsp3) is 0.0952. The Morgan fingerprint density at radius 1 is 1.14 bits per heavy atom. The Hall–Kier alpha value is -3.74. The Bertz CT molecular complexity index is 1170. The molecule has 0 bridgehead atoms. The van der Waals surface area contributed by atoms with Crippen molar-refractivity contribution in [2.24, 2.45) is 0 Å². The second kappa shape index (κ2) is 7.48. The standard InChI is InChI=1S/C21H16FN3O3/c22-14-6-4-13(5-7-14)17(11-15-3-1-2-10-23-15)20(26)24-16-8-9-18-19(12-16)28-21(27)25-18/h1-10,12,17H,11H2,(H,24,26)(H,25,27). The third-order valence-electron chi connectivity index (χ3n) is 4.42. The van der Waals surface area contributed by atoms with E-state index < -0.39 is 11.7 Å². The number of nitrogens with one attached hydrogen (secondary N) is 2. The summed E-state index contributed by atoms with van der Waals surface area (Å²) in [6, 6.07) is 16.2. The Labute approximate surface area is 159 Å². The van der Waals surface area contributed by atoms with Crippen molar-refractivity contribution in [3.8, 4) is 0 Å². The largest absolute Gasteiger partial charge is 0.417 e. The first-order valence-corrected chi connectivity index (χ1v) is 8.67. The van der Waals surface area contributed by atoms with Gasteiger partial charge in [0, 0.05) is 30.1 Å². The average molecular weight is 377 g/mol. The van der Waals surface area contributed by atoms with E-state index in [1.54, 1.807) is 42.6 Å². The van der Waals surface area contributed by atoms with Gasteiger partial charge in [-0.05, 0) is 42.0 Å². The maximum absolute atomic E-state index is 13.3. The number of anilines is 1. The van der Waals surface area contributed by atoms with Crippen molar-refractivity contribution < 1.29 is 13.6 Å². The monoisotopic (exact) mass is 377 g/mol. The van der Waals surface area contributed by atoms with E-state index in [0.717, 1.165) is 5.69 Å². The zero-order valence-electron chi connectivity index (χ0n) is 14.7. The normalized spacial score (nSPS) is 12.0. The van der Waals surface area contributed by atoms with Crippen molar-refractivity contribution in [1.29, 1.82) is 0 Å². The maximum atomic E-state index is 13.3. The molecule has 2 heterocycles. The summed E-state index contributed by atoms with van der Waals surface area (Å²) in [5.41, 5.74) is 2.82. The highest BCUT2D eigenvalue weighted by molar-refractivity contribution is 5.97. The van der Waals surface area contributed by atoms with Crippen molar-refractivity contribution in [2.75, 3.05) is 5.32 Å². The van der Waals surface area contributed by atoms with Crippen LogP contribution in [0.25, 0.3) is 11.1 Å². The molecule has 2 N–H and O–H groups in total. The number of pyridine rings is 1. The van der Waals surface area contributed by atoms with Crippen LogP contribution in [0.5, 0.6) is 0 Å². The Morgan fingerprint density at radius 2 is 1.96 bits per heavy atom. The number of carbonyl (C=O) groups is 1. The third kappa shape index (κ3) is 3.83. The molecule has 0 fully saturated rings. The molecule has 1 unspecified atom stereocenters. The summed E-state index contributed by atoms with van der Waals surface area (Å²) in [6.45, 7) is 0. The lowest BCUT2D eigenvalue weighted by Gasteiger charge is -2.17. The fourth-order valence-electron chi connectivity index (χ4n) is 3.04. The summed E-state index contributed by atoms with van der Waals surface area (Å²) in [6.07, 6.45) is 2.02. The zero-order chi connectivity index (χ0) is 19.5. The van der Waals surface area contributed by atoms with Gasteiger partial charge in [0.05, 0.1) is 11.4 Å². The SMILES string of the molecule is O=C(Nc1ccc2[nH]c(=O)oc2c1)C(Cc1ccccn1)c1ccc(F)cc1. The summed E-state index contributed by atoms with van der Waals surface area (Å²) in [7, 11) is 0. The number of H-pyrrole nitrogens is 1. The van der Waals surface area contributed by atoms with Gasteiger partial charge in [-0.15, -0.1) is 0 Å². The molecule has 0 saturated heterocycles. The quantitative estimate of drug-likeness (QED) is 0.556. The molecule has 0 aliphatic heterocycles. The van der Waals surface area contributed by atoms with Crippen LogP contribution in [0.3, 0.4) is 0 Å². The highest BCUT2D eigenvalue weighted by Gasteiger charge is 2.22. The van der Waals surface area contributed by atoms with Crippen LogP contribution in [0.2, 0.25) is 0 Å². The van der Waals surface area contributed by atoms with Gasteiger partial charge < -0.3 is 9.73 Å². The van der Waals surface area contributed by atoms with Gasteiger partial charge in [0.25, 0.3) is 0 Å². The number of nitrogens with zero attached hydrogens (tertiary/aromatic N) is 1. The van der Waals surface area contributed by atoms with E-state index in [1.807, 2.05) is 12.1 Å². The van der Waals surface area contributed by atoms with Gasteiger partial charge in [-0.2, -0.15) is 0 Å². The highest BCUT2D eigenvalue weighted by Crippen LogP contribution is 2.24. The number of hydrogen-bond donors (Lipinski definition) is 2. The van der Waals surface area contributed by atoms with Crippen molar-refractivity contribution in [3.05, 3.63) is 94.5 Å². The van der Waals surface area contributed by atoms with Crippen molar-refractivity contribution in [2.45, 2.75) is 12.3 Å². The molecule has 4 rings (SSSR count). The number of amides is 1. The molecule has 6 nitrogen and oxygen atoms in total. The molecule has 0 saturated carbocycles. The average Bonchev–Trinajstić information content (AvgIpc) is 3.07. The number of halogens is 1. The van der Waals surface area contributed by atoms with Crippen LogP contribution in [0, 0.1) is 5.82 Å². The molecule has 2 aromatic carbocycles. The van der Waals surface area contributed by atoms with E-state index in [0.29, 0.717) is 28.8 Å².